The minimum absolute atomic E-state index is 0.517. The summed E-state index contributed by atoms with van der Waals surface area (Å²) in [6.07, 6.45) is 5.57. The highest BCUT2D eigenvalue weighted by molar-refractivity contribution is 6.30. The minimum Gasteiger partial charge on any atom is -0.489 e. The lowest BCUT2D eigenvalue weighted by Crippen LogP contribution is -2.30. The molecular weight excluding hydrogens is 358 g/mol. The number of hydrogen-bond donors (Lipinski definition) is 0. The highest BCUT2D eigenvalue weighted by Crippen LogP contribution is 2.24. The van der Waals surface area contributed by atoms with Crippen LogP contribution in [-0.4, -0.2) is 23.1 Å². The van der Waals surface area contributed by atoms with Gasteiger partial charge in [0.05, 0.1) is 5.69 Å². The predicted octanol–water partition coefficient (Wildman–Crippen LogP) is 5.37. The van der Waals surface area contributed by atoms with Gasteiger partial charge < -0.3 is 9.64 Å². The topological polar surface area (TPSA) is 38.2 Å². The number of aromatic nitrogens is 2. The zero-order valence-electron chi connectivity index (χ0n) is 15.1. The third-order valence-corrected chi connectivity index (χ3v) is 5.00. The van der Waals surface area contributed by atoms with Crippen molar-refractivity contribution < 1.29 is 4.74 Å². The molecule has 0 bridgehead atoms. The minimum atomic E-state index is 0.517. The number of rotatable bonds is 5. The van der Waals surface area contributed by atoms with Crippen LogP contribution in [-0.2, 0) is 6.61 Å². The molecule has 2 aromatic carbocycles. The van der Waals surface area contributed by atoms with Crippen LogP contribution in [0.5, 0.6) is 5.75 Å². The molecule has 27 heavy (non-hydrogen) atoms. The zero-order valence-corrected chi connectivity index (χ0v) is 15.9. The highest BCUT2D eigenvalue weighted by Gasteiger charge is 2.14. The molecule has 1 aliphatic rings. The van der Waals surface area contributed by atoms with Gasteiger partial charge in [0.25, 0.3) is 0 Å². The molecule has 0 amide bonds. The van der Waals surface area contributed by atoms with Gasteiger partial charge >= 0.3 is 0 Å². The lowest BCUT2D eigenvalue weighted by molar-refractivity contribution is 0.306. The van der Waals surface area contributed by atoms with E-state index in [0.717, 1.165) is 46.6 Å². The lowest BCUT2D eigenvalue weighted by Gasteiger charge is -2.26. The molecule has 2 heterocycles. The molecule has 0 spiro atoms. The second-order valence-electron chi connectivity index (χ2n) is 6.73. The van der Waals surface area contributed by atoms with Gasteiger partial charge in [0.1, 0.15) is 12.4 Å². The first-order valence-electron chi connectivity index (χ1n) is 9.34. The van der Waals surface area contributed by atoms with Gasteiger partial charge in [-0.3, -0.25) is 0 Å². The lowest BCUT2D eigenvalue weighted by atomic mass is 10.1. The molecule has 0 N–H and O–H groups in total. The molecule has 0 aliphatic carbocycles. The van der Waals surface area contributed by atoms with Crippen molar-refractivity contribution in [2.45, 2.75) is 25.9 Å². The number of piperidine rings is 1. The van der Waals surface area contributed by atoms with E-state index in [-0.39, 0.29) is 0 Å². The Morgan fingerprint density at radius 3 is 2.37 bits per heavy atom. The molecule has 3 aromatic rings. The molecule has 4 nitrogen and oxygen atoms in total. The van der Waals surface area contributed by atoms with E-state index in [1.54, 1.807) is 0 Å². The van der Waals surface area contributed by atoms with Crippen LogP contribution in [0.25, 0.3) is 11.3 Å². The van der Waals surface area contributed by atoms with E-state index in [1.807, 2.05) is 60.8 Å². The first kappa shape index (κ1) is 17.8. The number of anilines is 1. The van der Waals surface area contributed by atoms with Crippen LogP contribution in [0.2, 0.25) is 5.02 Å². The van der Waals surface area contributed by atoms with E-state index in [9.17, 15) is 0 Å². The second-order valence-corrected chi connectivity index (χ2v) is 7.17. The van der Waals surface area contributed by atoms with Gasteiger partial charge in [0, 0.05) is 29.9 Å². The van der Waals surface area contributed by atoms with Crippen molar-refractivity contribution in [3.63, 3.8) is 0 Å². The van der Waals surface area contributed by atoms with E-state index in [2.05, 4.69) is 9.88 Å². The Hall–Kier alpha value is -2.59. The molecule has 1 saturated heterocycles. The third-order valence-electron chi connectivity index (χ3n) is 4.75. The van der Waals surface area contributed by atoms with Gasteiger partial charge in [-0.15, -0.1) is 0 Å². The van der Waals surface area contributed by atoms with Crippen molar-refractivity contribution in [3.05, 3.63) is 71.4 Å². The van der Waals surface area contributed by atoms with Crippen molar-refractivity contribution in [3.8, 4) is 17.0 Å². The van der Waals surface area contributed by atoms with Gasteiger partial charge in [0.15, 0.2) is 0 Å². The van der Waals surface area contributed by atoms with Crippen LogP contribution in [0.15, 0.2) is 60.8 Å². The SMILES string of the molecule is Clc1ccc(COc2ccc(-c3ccnc(N4CCCCC4)n3)cc2)cc1. The predicted molar refractivity (Wildman–Crippen MR) is 109 cm³/mol. The molecule has 138 valence electrons. The summed E-state index contributed by atoms with van der Waals surface area (Å²) in [6.45, 7) is 2.60. The number of halogens is 1. The summed E-state index contributed by atoms with van der Waals surface area (Å²) in [5, 5.41) is 0.733. The summed E-state index contributed by atoms with van der Waals surface area (Å²) in [5.41, 5.74) is 3.09. The Labute approximate surface area is 164 Å². The molecule has 1 aliphatic heterocycles. The summed E-state index contributed by atoms with van der Waals surface area (Å²) in [6, 6.07) is 17.7. The Bertz CT molecular complexity index is 875. The Morgan fingerprint density at radius 1 is 0.889 bits per heavy atom. The fourth-order valence-corrected chi connectivity index (χ4v) is 3.35. The molecule has 1 aromatic heterocycles. The van der Waals surface area contributed by atoms with E-state index in [4.69, 9.17) is 21.3 Å². The van der Waals surface area contributed by atoms with Crippen LogP contribution in [0.4, 0.5) is 5.95 Å². The summed E-state index contributed by atoms with van der Waals surface area (Å²) in [4.78, 5) is 11.5. The van der Waals surface area contributed by atoms with Crippen LogP contribution < -0.4 is 9.64 Å². The maximum atomic E-state index is 5.91. The smallest absolute Gasteiger partial charge is 0.225 e. The number of nitrogens with zero attached hydrogens (tertiary/aromatic N) is 3. The number of benzene rings is 2. The summed E-state index contributed by atoms with van der Waals surface area (Å²) in [7, 11) is 0. The monoisotopic (exact) mass is 379 g/mol. The molecule has 0 atom stereocenters. The van der Waals surface area contributed by atoms with Crippen molar-refractivity contribution in [1.29, 1.82) is 0 Å². The number of hydrogen-bond acceptors (Lipinski definition) is 4. The standard InChI is InChI=1S/C22H22ClN3O/c23-19-8-4-17(5-9-19)16-27-20-10-6-18(7-11-20)21-12-13-24-22(25-21)26-14-2-1-3-15-26/h4-13H,1-3,14-16H2. The highest BCUT2D eigenvalue weighted by atomic mass is 35.5. The normalized spacial score (nSPS) is 14.2. The summed E-state index contributed by atoms with van der Waals surface area (Å²) < 4.78 is 5.86. The van der Waals surface area contributed by atoms with E-state index >= 15 is 0 Å². The molecule has 5 heteroatoms. The molecular formula is C22H22ClN3O. The quantitative estimate of drug-likeness (QED) is 0.597. The molecule has 1 fully saturated rings. The van der Waals surface area contributed by atoms with Gasteiger partial charge in [0.2, 0.25) is 5.95 Å². The molecule has 4 rings (SSSR count). The maximum Gasteiger partial charge on any atom is 0.225 e. The van der Waals surface area contributed by atoms with Crippen LogP contribution in [0.1, 0.15) is 24.8 Å². The Morgan fingerprint density at radius 2 is 1.63 bits per heavy atom. The van der Waals surface area contributed by atoms with Crippen molar-refractivity contribution in [1.82, 2.24) is 9.97 Å². The summed E-state index contributed by atoms with van der Waals surface area (Å²) in [5.74, 6) is 1.66. The van der Waals surface area contributed by atoms with Crippen LogP contribution in [0.3, 0.4) is 0 Å². The average Bonchev–Trinajstić information content (AvgIpc) is 2.74. The van der Waals surface area contributed by atoms with Crippen LogP contribution in [0, 0.1) is 0 Å². The van der Waals surface area contributed by atoms with Crippen LogP contribution >= 0.6 is 11.6 Å². The third kappa shape index (κ3) is 4.58. The fraction of sp³-hybridized carbons (Fsp3) is 0.273. The average molecular weight is 380 g/mol. The van der Waals surface area contributed by atoms with E-state index < -0.39 is 0 Å². The van der Waals surface area contributed by atoms with Gasteiger partial charge in [-0.05, 0) is 67.3 Å². The van der Waals surface area contributed by atoms with E-state index in [1.165, 1.54) is 19.3 Å². The zero-order chi connectivity index (χ0) is 18.5. The largest absolute Gasteiger partial charge is 0.489 e. The van der Waals surface area contributed by atoms with E-state index in [0.29, 0.717) is 6.61 Å². The van der Waals surface area contributed by atoms with Gasteiger partial charge in [-0.1, -0.05) is 23.7 Å². The maximum absolute atomic E-state index is 5.91. The van der Waals surface area contributed by atoms with Gasteiger partial charge in [-0.25, -0.2) is 9.97 Å². The van der Waals surface area contributed by atoms with Crippen molar-refractivity contribution in [2.75, 3.05) is 18.0 Å². The first-order valence-corrected chi connectivity index (χ1v) is 9.71. The Kier molecular flexibility index (Phi) is 5.54. The van der Waals surface area contributed by atoms with Crippen molar-refractivity contribution >= 4 is 17.5 Å². The first-order chi connectivity index (χ1) is 13.3. The Balaban J connectivity index is 1.43. The fourth-order valence-electron chi connectivity index (χ4n) is 3.22. The van der Waals surface area contributed by atoms with Gasteiger partial charge in [-0.2, -0.15) is 0 Å². The molecule has 0 saturated carbocycles. The number of ether oxygens (including phenoxy) is 1. The van der Waals surface area contributed by atoms with Crippen molar-refractivity contribution in [2.24, 2.45) is 0 Å². The molecule has 0 radical (unpaired) electrons. The second kappa shape index (κ2) is 8.40. The molecule has 0 unspecified atom stereocenters. The summed E-state index contributed by atoms with van der Waals surface area (Å²) >= 11 is 5.91.